The van der Waals surface area contributed by atoms with Crippen molar-refractivity contribution in [1.29, 1.82) is 0 Å². The van der Waals surface area contributed by atoms with E-state index in [1.807, 2.05) is 20.8 Å². The van der Waals surface area contributed by atoms with Gasteiger partial charge in [0.25, 0.3) is 11.6 Å². The predicted molar refractivity (Wildman–Crippen MR) is 83.2 cm³/mol. The Balaban J connectivity index is 3.00. The number of aliphatic hydroxyl groups excluding tert-OH is 1. The number of nitrogens with one attached hydrogen (secondary N) is 1. The Labute approximate surface area is 131 Å². The lowest BCUT2D eigenvalue weighted by Gasteiger charge is -2.31. The fraction of sp³-hybridized carbons (Fsp3) is 0.500. The second-order valence-electron chi connectivity index (χ2n) is 5.86. The number of hydrogen-bond donors (Lipinski definition) is 2. The average molecular weight is 359 g/mol. The van der Waals surface area contributed by atoms with Crippen LogP contribution in [0.15, 0.2) is 22.7 Å². The number of nitrogens with zero attached hydrogens (tertiary/aromatic N) is 1. The lowest BCUT2D eigenvalue weighted by atomic mass is 9.84. The molecule has 6 nitrogen and oxygen atoms in total. The maximum Gasteiger partial charge on any atom is 0.271 e. The molecule has 1 amide bonds. The van der Waals surface area contributed by atoms with E-state index >= 15 is 0 Å². The summed E-state index contributed by atoms with van der Waals surface area (Å²) >= 11 is 3.16. The highest BCUT2D eigenvalue weighted by atomic mass is 79.9. The van der Waals surface area contributed by atoms with Crippen LogP contribution in [0.5, 0.6) is 0 Å². The molecule has 0 aromatic heterocycles. The number of rotatable bonds is 5. The average Bonchev–Trinajstić information content (AvgIpc) is 2.36. The number of amides is 1. The summed E-state index contributed by atoms with van der Waals surface area (Å²) < 4.78 is 0.469. The van der Waals surface area contributed by atoms with Gasteiger partial charge < -0.3 is 10.4 Å². The summed E-state index contributed by atoms with van der Waals surface area (Å²) in [4.78, 5) is 22.6. The molecule has 1 unspecified atom stereocenters. The molecule has 0 bridgehead atoms. The number of halogens is 1. The molecule has 0 aliphatic rings. The number of hydrogen-bond acceptors (Lipinski definition) is 4. The van der Waals surface area contributed by atoms with Crippen LogP contribution in [0.1, 0.15) is 37.6 Å². The SMILES string of the molecule is CC(C)(C)C(CCO)NC(=O)c1cc(Br)cc([N+](=O)[O-])c1. The molecule has 0 radical (unpaired) electrons. The normalized spacial score (nSPS) is 12.8. The standard InChI is InChI=1S/C14H19BrN2O4/c1-14(2,3)12(4-5-18)16-13(19)9-6-10(15)8-11(7-9)17(20)21/h6-8,12,18H,4-5H2,1-3H3,(H,16,19). The van der Waals surface area contributed by atoms with Crippen LogP contribution in [-0.4, -0.2) is 28.6 Å². The maximum absolute atomic E-state index is 12.3. The molecule has 7 heteroatoms. The van der Waals surface area contributed by atoms with Gasteiger partial charge in [0.1, 0.15) is 0 Å². The van der Waals surface area contributed by atoms with Crippen molar-refractivity contribution < 1.29 is 14.8 Å². The lowest BCUT2D eigenvalue weighted by molar-refractivity contribution is -0.385. The Morgan fingerprint density at radius 3 is 2.52 bits per heavy atom. The van der Waals surface area contributed by atoms with E-state index in [9.17, 15) is 14.9 Å². The molecular formula is C14H19BrN2O4. The van der Waals surface area contributed by atoms with Crippen molar-refractivity contribution in [3.63, 3.8) is 0 Å². The fourth-order valence-corrected chi connectivity index (χ4v) is 2.38. The van der Waals surface area contributed by atoms with E-state index in [2.05, 4.69) is 21.2 Å². The highest BCUT2D eigenvalue weighted by molar-refractivity contribution is 9.10. The van der Waals surface area contributed by atoms with E-state index < -0.39 is 10.8 Å². The van der Waals surface area contributed by atoms with E-state index in [0.29, 0.717) is 10.9 Å². The number of nitro benzene ring substituents is 1. The van der Waals surface area contributed by atoms with E-state index in [0.717, 1.165) is 0 Å². The van der Waals surface area contributed by atoms with Gasteiger partial charge >= 0.3 is 0 Å². The van der Waals surface area contributed by atoms with Crippen molar-refractivity contribution in [2.24, 2.45) is 5.41 Å². The summed E-state index contributed by atoms with van der Waals surface area (Å²) in [5, 5.41) is 22.8. The molecule has 116 valence electrons. The Morgan fingerprint density at radius 2 is 2.05 bits per heavy atom. The Morgan fingerprint density at radius 1 is 1.43 bits per heavy atom. The quantitative estimate of drug-likeness (QED) is 0.625. The van der Waals surface area contributed by atoms with Crippen LogP contribution in [0.25, 0.3) is 0 Å². The summed E-state index contributed by atoms with van der Waals surface area (Å²) in [5.74, 6) is -0.396. The van der Waals surface area contributed by atoms with Gasteiger partial charge in [0.2, 0.25) is 0 Å². The highest BCUT2D eigenvalue weighted by Gasteiger charge is 2.26. The van der Waals surface area contributed by atoms with Crippen LogP contribution in [0.4, 0.5) is 5.69 Å². The minimum atomic E-state index is -0.545. The molecule has 0 heterocycles. The van der Waals surface area contributed by atoms with Crippen LogP contribution >= 0.6 is 15.9 Å². The lowest BCUT2D eigenvalue weighted by Crippen LogP contribution is -2.44. The first-order valence-corrected chi connectivity index (χ1v) is 7.31. The third-order valence-corrected chi connectivity index (χ3v) is 3.58. The largest absolute Gasteiger partial charge is 0.396 e. The molecule has 0 aliphatic carbocycles. The summed E-state index contributed by atoms with van der Waals surface area (Å²) in [6, 6.07) is 3.87. The van der Waals surface area contributed by atoms with Crippen molar-refractivity contribution >= 4 is 27.5 Å². The molecular weight excluding hydrogens is 340 g/mol. The van der Waals surface area contributed by atoms with E-state index in [1.54, 1.807) is 0 Å². The van der Waals surface area contributed by atoms with E-state index in [1.165, 1.54) is 18.2 Å². The van der Waals surface area contributed by atoms with E-state index in [-0.39, 0.29) is 29.3 Å². The molecule has 1 aromatic carbocycles. The highest BCUT2D eigenvalue weighted by Crippen LogP contribution is 2.24. The first kappa shape index (κ1) is 17.6. The van der Waals surface area contributed by atoms with Gasteiger partial charge in [-0.15, -0.1) is 0 Å². The molecule has 1 atom stereocenters. The van der Waals surface area contributed by atoms with Gasteiger partial charge in [0, 0.05) is 34.8 Å². The van der Waals surface area contributed by atoms with Crippen LogP contribution in [0.3, 0.4) is 0 Å². The Hall–Kier alpha value is -1.47. The predicted octanol–water partition coefficient (Wildman–Crippen LogP) is 2.88. The third kappa shape index (κ3) is 5.09. The zero-order chi connectivity index (χ0) is 16.2. The van der Waals surface area contributed by atoms with Crippen LogP contribution in [0, 0.1) is 15.5 Å². The third-order valence-electron chi connectivity index (χ3n) is 3.12. The van der Waals surface area contributed by atoms with Gasteiger partial charge in [0.05, 0.1) is 4.92 Å². The van der Waals surface area contributed by atoms with Crippen molar-refractivity contribution in [2.45, 2.75) is 33.2 Å². The van der Waals surface area contributed by atoms with Gasteiger partial charge in [-0.2, -0.15) is 0 Å². The van der Waals surface area contributed by atoms with Gasteiger partial charge in [-0.05, 0) is 17.9 Å². The van der Waals surface area contributed by atoms with Crippen LogP contribution in [0.2, 0.25) is 0 Å². The van der Waals surface area contributed by atoms with Crippen molar-refractivity contribution in [1.82, 2.24) is 5.32 Å². The maximum atomic E-state index is 12.3. The zero-order valence-corrected chi connectivity index (χ0v) is 13.8. The number of non-ortho nitro benzene ring substituents is 1. The molecule has 0 spiro atoms. The molecule has 0 saturated carbocycles. The Kier molecular flexibility index (Phi) is 5.86. The summed E-state index contributed by atoms with van der Waals surface area (Å²) in [6.07, 6.45) is 0.422. The smallest absolute Gasteiger partial charge is 0.271 e. The summed E-state index contributed by atoms with van der Waals surface area (Å²) in [7, 11) is 0. The molecule has 1 rings (SSSR count). The van der Waals surface area contributed by atoms with Gasteiger partial charge in [-0.25, -0.2) is 0 Å². The minimum Gasteiger partial charge on any atom is -0.396 e. The minimum absolute atomic E-state index is 0.0408. The molecule has 0 fully saturated rings. The fourth-order valence-electron chi connectivity index (χ4n) is 1.90. The zero-order valence-electron chi connectivity index (χ0n) is 12.2. The topological polar surface area (TPSA) is 92.5 Å². The van der Waals surface area contributed by atoms with Crippen molar-refractivity contribution in [3.8, 4) is 0 Å². The molecule has 1 aromatic rings. The molecule has 0 aliphatic heterocycles. The monoisotopic (exact) mass is 358 g/mol. The van der Waals surface area contributed by atoms with Gasteiger partial charge in [-0.1, -0.05) is 36.7 Å². The van der Waals surface area contributed by atoms with Gasteiger partial charge in [-0.3, -0.25) is 14.9 Å². The van der Waals surface area contributed by atoms with Crippen LogP contribution in [-0.2, 0) is 0 Å². The molecule has 0 saturated heterocycles. The number of benzene rings is 1. The van der Waals surface area contributed by atoms with Crippen LogP contribution < -0.4 is 5.32 Å². The number of carbonyl (C=O) groups is 1. The van der Waals surface area contributed by atoms with Gasteiger partial charge in [0.15, 0.2) is 0 Å². The number of carbonyl (C=O) groups excluding carboxylic acids is 1. The number of aliphatic hydroxyl groups is 1. The van der Waals surface area contributed by atoms with Crippen molar-refractivity contribution in [2.75, 3.05) is 6.61 Å². The summed E-state index contributed by atoms with van der Waals surface area (Å²) in [6.45, 7) is 5.83. The summed E-state index contributed by atoms with van der Waals surface area (Å²) in [5.41, 5.74) is -0.164. The molecule has 21 heavy (non-hydrogen) atoms. The first-order valence-electron chi connectivity index (χ1n) is 6.52. The number of nitro groups is 1. The van der Waals surface area contributed by atoms with Crippen molar-refractivity contribution in [3.05, 3.63) is 38.3 Å². The van der Waals surface area contributed by atoms with E-state index in [4.69, 9.17) is 5.11 Å². The first-order chi connectivity index (χ1) is 9.65. The second-order valence-corrected chi connectivity index (χ2v) is 6.78. The second kappa shape index (κ2) is 7.00. The molecule has 2 N–H and O–H groups in total. The Bertz CT molecular complexity index is 540.